The number of rotatable bonds is 3. The van der Waals surface area contributed by atoms with Crippen LogP contribution in [0.1, 0.15) is 18.5 Å². The van der Waals surface area contributed by atoms with Crippen molar-refractivity contribution in [3.63, 3.8) is 0 Å². The van der Waals surface area contributed by atoms with Crippen molar-refractivity contribution in [3.8, 4) is 11.5 Å². The molecule has 0 bridgehead atoms. The van der Waals surface area contributed by atoms with Crippen LogP contribution in [0.3, 0.4) is 0 Å². The van der Waals surface area contributed by atoms with Crippen LogP contribution in [-0.2, 0) is 0 Å². The van der Waals surface area contributed by atoms with Crippen molar-refractivity contribution in [2.75, 3.05) is 12.1 Å². The van der Waals surface area contributed by atoms with Crippen molar-refractivity contribution in [2.45, 2.75) is 13.0 Å². The summed E-state index contributed by atoms with van der Waals surface area (Å²) in [6, 6.07) is 12.1. The highest BCUT2D eigenvalue weighted by Crippen LogP contribution is 2.34. The Kier molecular flexibility index (Phi) is 4.06. The van der Waals surface area contributed by atoms with E-state index in [1.54, 1.807) is 24.3 Å². The molecule has 22 heavy (non-hydrogen) atoms. The number of carbonyl (C=O) groups is 1. The van der Waals surface area contributed by atoms with Gasteiger partial charge in [-0.2, -0.15) is 0 Å². The first kappa shape index (κ1) is 14.5. The average molecular weight is 319 g/mol. The molecule has 2 aromatic rings. The second-order valence-corrected chi connectivity index (χ2v) is 5.38. The lowest BCUT2D eigenvalue weighted by molar-refractivity contribution is 0.174. The fourth-order valence-electron chi connectivity index (χ4n) is 2.16. The Morgan fingerprint density at radius 3 is 2.64 bits per heavy atom. The van der Waals surface area contributed by atoms with Gasteiger partial charge < -0.3 is 20.1 Å². The molecule has 2 N–H and O–H groups in total. The highest BCUT2D eigenvalue weighted by atomic mass is 35.5. The number of urea groups is 1. The van der Waals surface area contributed by atoms with Gasteiger partial charge >= 0.3 is 6.03 Å². The predicted molar refractivity (Wildman–Crippen MR) is 84.6 cm³/mol. The number of amides is 2. The highest BCUT2D eigenvalue weighted by molar-refractivity contribution is 6.30. The van der Waals surface area contributed by atoms with E-state index < -0.39 is 0 Å². The standard InChI is InChI=1S/C16H15ClN2O3/c1-10(11-2-7-14-15(8-11)22-9-21-14)18-16(20)19-13-5-3-12(17)4-6-13/h2-8,10H,9H2,1H3,(H2,18,19,20)/t10-/m0/s1. The Balaban J connectivity index is 1.62. The molecule has 6 heteroatoms. The molecule has 0 fully saturated rings. The SMILES string of the molecule is C[C@H](NC(=O)Nc1ccc(Cl)cc1)c1ccc2c(c1)OCO2. The van der Waals surface area contributed by atoms with E-state index in [4.69, 9.17) is 21.1 Å². The zero-order chi connectivity index (χ0) is 15.5. The summed E-state index contributed by atoms with van der Waals surface area (Å²) in [7, 11) is 0. The normalized spacial score (nSPS) is 13.5. The van der Waals surface area contributed by atoms with Gasteiger partial charge in [0.1, 0.15) is 0 Å². The van der Waals surface area contributed by atoms with Crippen LogP contribution < -0.4 is 20.1 Å². The second-order valence-electron chi connectivity index (χ2n) is 4.94. The van der Waals surface area contributed by atoms with Crippen LogP contribution in [0.2, 0.25) is 5.02 Å². The number of ether oxygens (including phenoxy) is 2. The number of fused-ring (bicyclic) bond motifs is 1. The van der Waals surface area contributed by atoms with Crippen LogP contribution in [0.4, 0.5) is 10.5 Å². The average Bonchev–Trinajstić information content (AvgIpc) is 2.97. The molecule has 1 atom stereocenters. The molecular formula is C16H15ClN2O3. The van der Waals surface area contributed by atoms with E-state index in [1.165, 1.54) is 0 Å². The minimum atomic E-state index is -0.285. The van der Waals surface area contributed by atoms with Crippen LogP contribution in [-0.4, -0.2) is 12.8 Å². The van der Waals surface area contributed by atoms with Crippen molar-refractivity contribution < 1.29 is 14.3 Å². The number of halogens is 1. The summed E-state index contributed by atoms with van der Waals surface area (Å²) in [5.41, 5.74) is 1.62. The van der Waals surface area contributed by atoms with Crippen molar-refractivity contribution in [1.82, 2.24) is 5.32 Å². The van der Waals surface area contributed by atoms with E-state index in [9.17, 15) is 4.79 Å². The zero-order valence-corrected chi connectivity index (χ0v) is 12.7. The third-order valence-electron chi connectivity index (χ3n) is 3.35. The number of hydrogen-bond acceptors (Lipinski definition) is 3. The van der Waals surface area contributed by atoms with E-state index >= 15 is 0 Å². The molecule has 2 aromatic carbocycles. The van der Waals surface area contributed by atoms with Gasteiger partial charge in [0, 0.05) is 10.7 Å². The largest absolute Gasteiger partial charge is 0.454 e. The van der Waals surface area contributed by atoms with E-state index in [2.05, 4.69) is 10.6 Å². The van der Waals surface area contributed by atoms with Crippen molar-refractivity contribution in [3.05, 3.63) is 53.1 Å². The Labute approximate surface area is 133 Å². The summed E-state index contributed by atoms with van der Waals surface area (Å²) in [5, 5.41) is 6.25. The summed E-state index contributed by atoms with van der Waals surface area (Å²) in [6.45, 7) is 2.14. The molecule has 0 aliphatic carbocycles. The monoisotopic (exact) mass is 318 g/mol. The Bertz CT molecular complexity index is 688. The van der Waals surface area contributed by atoms with Gasteiger partial charge in [0.15, 0.2) is 11.5 Å². The van der Waals surface area contributed by atoms with Crippen LogP contribution in [0.25, 0.3) is 0 Å². The first-order valence-electron chi connectivity index (χ1n) is 6.84. The van der Waals surface area contributed by atoms with Crippen molar-refractivity contribution in [1.29, 1.82) is 0 Å². The number of anilines is 1. The summed E-state index contributed by atoms with van der Waals surface area (Å²) < 4.78 is 10.6. The molecule has 1 heterocycles. The van der Waals surface area contributed by atoms with Gasteiger partial charge in [0.25, 0.3) is 0 Å². The zero-order valence-electron chi connectivity index (χ0n) is 11.9. The molecule has 1 aliphatic rings. The fraction of sp³-hybridized carbons (Fsp3) is 0.188. The second kappa shape index (κ2) is 6.15. The quantitative estimate of drug-likeness (QED) is 0.900. The Hall–Kier alpha value is -2.40. The number of nitrogens with one attached hydrogen (secondary N) is 2. The van der Waals surface area contributed by atoms with Crippen LogP contribution in [0, 0.1) is 0 Å². The van der Waals surface area contributed by atoms with E-state index in [0.717, 1.165) is 11.3 Å². The lowest BCUT2D eigenvalue weighted by Gasteiger charge is -2.15. The summed E-state index contributed by atoms with van der Waals surface area (Å²) >= 11 is 5.81. The Morgan fingerprint density at radius 1 is 1.14 bits per heavy atom. The van der Waals surface area contributed by atoms with Crippen molar-refractivity contribution in [2.24, 2.45) is 0 Å². The van der Waals surface area contributed by atoms with Gasteiger partial charge in [0.05, 0.1) is 6.04 Å². The highest BCUT2D eigenvalue weighted by Gasteiger charge is 2.16. The minimum Gasteiger partial charge on any atom is -0.454 e. The topological polar surface area (TPSA) is 59.6 Å². The summed E-state index contributed by atoms with van der Waals surface area (Å²) in [5.74, 6) is 1.42. The molecular weight excluding hydrogens is 304 g/mol. The third kappa shape index (κ3) is 3.26. The molecule has 1 aliphatic heterocycles. The predicted octanol–water partition coefficient (Wildman–Crippen LogP) is 3.95. The Morgan fingerprint density at radius 2 is 1.86 bits per heavy atom. The van der Waals surface area contributed by atoms with E-state index in [-0.39, 0.29) is 18.9 Å². The van der Waals surface area contributed by atoms with E-state index in [0.29, 0.717) is 16.5 Å². The van der Waals surface area contributed by atoms with Gasteiger partial charge in [0.2, 0.25) is 6.79 Å². The molecule has 3 rings (SSSR count). The van der Waals surface area contributed by atoms with Crippen LogP contribution in [0.15, 0.2) is 42.5 Å². The minimum absolute atomic E-state index is 0.165. The molecule has 0 saturated carbocycles. The van der Waals surface area contributed by atoms with Gasteiger partial charge in [-0.15, -0.1) is 0 Å². The molecule has 0 saturated heterocycles. The van der Waals surface area contributed by atoms with E-state index in [1.807, 2.05) is 25.1 Å². The smallest absolute Gasteiger partial charge is 0.319 e. The molecule has 2 amide bonds. The van der Waals surface area contributed by atoms with Gasteiger partial charge in [-0.05, 0) is 48.9 Å². The molecule has 0 aromatic heterocycles. The first-order chi connectivity index (χ1) is 10.6. The molecule has 0 radical (unpaired) electrons. The fourth-order valence-corrected chi connectivity index (χ4v) is 2.29. The first-order valence-corrected chi connectivity index (χ1v) is 7.22. The van der Waals surface area contributed by atoms with Crippen molar-refractivity contribution >= 4 is 23.3 Å². The maximum Gasteiger partial charge on any atom is 0.319 e. The lowest BCUT2D eigenvalue weighted by Crippen LogP contribution is -2.31. The molecule has 5 nitrogen and oxygen atoms in total. The molecule has 0 unspecified atom stereocenters. The maximum atomic E-state index is 12.0. The van der Waals surface area contributed by atoms with Crippen LogP contribution >= 0.6 is 11.6 Å². The van der Waals surface area contributed by atoms with Gasteiger partial charge in [-0.25, -0.2) is 4.79 Å². The number of benzene rings is 2. The molecule has 114 valence electrons. The maximum absolute atomic E-state index is 12.0. The summed E-state index contributed by atoms with van der Waals surface area (Å²) in [4.78, 5) is 12.0. The van der Waals surface area contributed by atoms with Gasteiger partial charge in [-0.3, -0.25) is 0 Å². The summed E-state index contributed by atoms with van der Waals surface area (Å²) in [6.07, 6.45) is 0. The number of carbonyl (C=O) groups excluding carboxylic acids is 1. The van der Waals surface area contributed by atoms with Crippen LogP contribution in [0.5, 0.6) is 11.5 Å². The third-order valence-corrected chi connectivity index (χ3v) is 3.60. The van der Waals surface area contributed by atoms with Gasteiger partial charge in [-0.1, -0.05) is 17.7 Å². The molecule has 0 spiro atoms. The number of hydrogen-bond donors (Lipinski definition) is 2. The lowest BCUT2D eigenvalue weighted by atomic mass is 10.1.